The van der Waals surface area contributed by atoms with Crippen LogP contribution in [0.1, 0.15) is 15.9 Å². The van der Waals surface area contributed by atoms with Crippen LogP contribution in [0.4, 0.5) is 17.1 Å². The maximum atomic E-state index is 12.5. The molecule has 10 nitrogen and oxygen atoms in total. The highest BCUT2D eigenvalue weighted by molar-refractivity contribution is 6.03. The average molecular weight is 463 g/mol. The first-order valence-corrected chi connectivity index (χ1v) is 10.1. The first-order chi connectivity index (χ1) is 16.4. The highest BCUT2D eigenvalue weighted by Crippen LogP contribution is 2.29. The summed E-state index contributed by atoms with van der Waals surface area (Å²) in [6, 6.07) is 19.3. The number of nitro groups is 1. The second-order valence-electron chi connectivity index (χ2n) is 7.02. The number of nitrogens with zero attached hydrogens (tertiary/aromatic N) is 1. The number of rotatable bonds is 9. The number of esters is 1. The van der Waals surface area contributed by atoms with Gasteiger partial charge in [-0.25, -0.2) is 4.79 Å². The molecule has 0 aliphatic rings. The Hall–Kier alpha value is -4.73. The van der Waals surface area contributed by atoms with Crippen LogP contribution in [-0.2, 0) is 20.7 Å². The van der Waals surface area contributed by atoms with E-state index < -0.39 is 23.4 Å². The molecule has 174 valence electrons. The number of carbonyl (C=O) groups excluding carboxylic acids is 3. The summed E-state index contributed by atoms with van der Waals surface area (Å²) < 4.78 is 10.00. The molecule has 3 aromatic carbocycles. The van der Waals surface area contributed by atoms with Gasteiger partial charge in [-0.1, -0.05) is 42.5 Å². The number of benzene rings is 3. The van der Waals surface area contributed by atoms with Gasteiger partial charge in [0.25, 0.3) is 11.6 Å². The van der Waals surface area contributed by atoms with E-state index in [9.17, 15) is 24.5 Å². The Balaban J connectivity index is 1.62. The summed E-state index contributed by atoms with van der Waals surface area (Å²) in [7, 11) is 1.36. The largest absolute Gasteiger partial charge is 0.496 e. The summed E-state index contributed by atoms with van der Waals surface area (Å²) in [5, 5.41) is 16.3. The number of hydrogen-bond donors (Lipinski definition) is 2. The fraction of sp³-hybridized carbons (Fsp3) is 0.125. The van der Waals surface area contributed by atoms with Gasteiger partial charge >= 0.3 is 5.97 Å². The molecule has 0 aliphatic carbocycles. The summed E-state index contributed by atoms with van der Waals surface area (Å²) in [6.07, 6.45) is 0.118. The third-order valence-electron chi connectivity index (χ3n) is 4.64. The molecular weight excluding hydrogens is 442 g/mol. The topological polar surface area (TPSA) is 137 Å². The van der Waals surface area contributed by atoms with Crippen LogP contribution in [-0.4, -0.2) is 36.4 Å². The van der Waals surface area contributed by atoms with Gasteiger partial charge in [0.15, 0.2) is 6.61 Å². The zero-order valence-electron chi connectivity index (χ0n) is 18.1. The number of para-hydroxylation sites is 1. The van der Waals surface area contributed by atoms with E-state index in [1.807, 2.05) is 30.3 Å². The quantitative estimate of drug-likeness (QED) is 0.281. The minimum Gasteiger partial charge on any atom is -0.496 e. The van der Waals surface area contributed by atoms with Gasteiger partial charge in [-0.05, 0) is 29.8 Å². The van der Waals surface area contributed by atoms with Crippen molar-refractivity contribution in [2.24, 2.45) is 0 Å². The number of amides is 2. The summed E-state index contributed by atoms with van der Waals surface area (Å²) in [6.45, 7) is -0.686. The highest BCUT2D eigenvalue weighted by Gasteiger charge is 2.19. The zero-order valence-corrected chi connectivity index (χ0v) is 18.1. The lowest BCUT2D eigenvalue weighted by atomic mass is 10.1. The van der Waals surface area contributed by atoms with Crippen LogP contribution >= 0.6 is 0 Å². The second-order valence-corrected chi connectivity index (χ2v) is 7.02. The second kappa shape index (κ2) is 11.2. The minimum atomic E-state index is -0.838. The van der Waals surface area contributed by atoms with E-state index >= 15 is 0 Å². The lowest BCUT2D eigenvalue weighted by Crippen LogP contribution is -2.22. The van der Waals surface area contributed by atoms with Crippen molar-refractivity contribution in [1.82, 2.24) is 0 Å². The molecule has 3 aromatic rings. The Kier molecular flexibility index (Phi) is 7.90. The maximum Gasteiger partial charge on any atom is 0.340 e. The smallest absolute Gasteiger partial charge is 0.340 e. The SMILES string of the molecule is COc1ccc(NC(=O)COC(=O)c2ccccc2NC(=O)Cc2ccccc2)c([N+](=O)[O-])c1. The van der Waals surface area contributed by atoms with Crippen LogP contribution < -0.4 is 15.4 Å². The predicted octanol–water partition coefficient (Wildman–Crippen LogP) is 3.58. The molecule has 0 radical (unpaired) electrons. The lowest BCUT2D eigenvalue weighted by Gasteiger charge is -2.11. The van der Waals surface area contributed by atoms with Gasteiger partial charge in [-0.2, -0.15) is 0 Å². The van der Waals surface area contributed by atoms with E-state index in [1.54, 1.807) is 18.2 Å². The van der Waals surface area contributed by atoms with Gasteiger partial charge in [0, 0.05) is 0 Å². The summed E-state index contributed by atoms with van der Waals surface area (Å²) in [5.74, 6) is -1.68. The summed E-state index contributed by atoms with van der Waals surface area (Å²) >= 11 is 0. The Labute approximate surface area is 194 Å². The molecule has 0 spiro atoms. The maximum absolute atomic E-state index is 12.5. The Bertz CT molecular complexity index is 1210. The van der Waals surface area contributed by atoms with Crippen molar-refractivity contribution < 1.29 is 28.8 Å². The molecule has 0 aromatic heterocycles. The number of ether oxygens (including phenoxy) is 2. The summed E-state index contributed by atoms with van der Waals surface area (Å²) in [5.41, 5.74) is 0.669. The van der Waals surface area contributed by atoms with Crippen molar-refractivity contribution in [3.63, 3.8) is 0 Å². The van der Waals surface area contributed by atoms with Gasteiger partial charge in [-0.3, -0.25) is 19.7 Å². The number of anilines is 2. The molecule has 0 atom stereocenters. The van der Waals surface area contributed by atoms with Crippen molar-refractivity contribution >= 4 is 34.8 Å². The molecule has 0 saturated carbocycles. The van der Waals surface area contributed by atoms with Gasteiger partial charge in [-0.15, -0.1) is 0 Å². The van der Waals surface area contributed by atoms with Crippen molar-refractivity contribution in [2.45, 2.75) is 6.42 Å². The molecule has 10 heteroatoms. The van der Waals surface area contributed by atoms with Gasteiger partial charge in [0.05, 0.1) is 35.8 Å². The molecule has 0 saturated heterocycles. The van der Waals surface area contributed by atoms with Gasteiger partial charge < -0.3 is 20.1 Å². The Morgan fingerprint density at radius 3 is 2.26 bits per heavy atom. The molecular formula is C24H21N3O7. The molecule has 0 unspecified atom stereocenters. The number of nitro benzene ring substituents is 1. The molecule has 2 amide bonds. The van der Waals surface area contributed by atoms with Gasteiger partial charge in [0.2, 0.25) is 5.91 Å². The van der Waals surface area contributed by atoms with Crippen LogP contribution in [0, 0.1) is 10.1 Å². The number of methoxy groups -OCH3 is 1. The van der Waals surface area contributed by atoms with Crippen LogP contribution in [0.25, 0.3) is 0 Å². The standard InChI is InChI=1S/C24H21N3O7/c1-33-17-11-12-20(21(14-17)27(31)32)26-23(29)15-34-24(30)18-9-5-6-10-19(18)25-22(28)13-16-7-3-2-4-8-16/h2-12,14H,13,15H2,1H3,(H,25,28)(H,26,29). The first-order valence-electron chi connectivity index (χ1n) is 10.1. The van der Waals surface area contributed by atoms with E-state index in [2.05, 4.69) is 10.6 Å². The molecule has 3 rings (SSSR count). The molecule has 2 N–H and O–H groups in total. The number of carbonyl (C=O) groups is 3. The van der Waals surface area contributed by atoms with Gasteiger partial charge in [0.1, 0.15) is 11.4 Å². The van der Waals surface area contributed by atoms with E-state index in [0.29, 0.717) is 0 Å². The number of nitrogens with one attached hydrogen (secondary N) is 2. The molecule has 0 heterocycles. The molecule has 34 heavy (non-hydrogen) atoms. The average Bonchev–Trinajstić information content (AvgIpc) is 2.83. The van der Waals surface area contributed by atoms with E-state index in [0.717, 1.165) is 11.6 Å². The van der Waals surface area contributed by atoms with Crippen LogP contribution in [0.2, 0.25) is 0 Å². The highest BCUT2D eigenvalue weighted by atomic mass is 16.6. The van der Waals surface area contributed by atoms with E-state index in [1.165, 1.54) is 25.3 Å². The number of hydrogen-bond acceptors (Lipinski definition) is 7. The fourth-order valence-corrected chi connectivity index (χ4v) is 3.04. The predicted molar refractivity (Wildman–Crippen MR) is 124 cm³/mol. The molecule has 0 fully saturated rings. The van der Waals surface area contributed by atoms with Crippen molar-refractivity contribution in [3.8, 4) is 5.75 Å². The zero-order chi connectivity index (χ0) is 24.5. The molecule has 0 bridgehead atoms. The van der Waals surface area contributed by atoms with Crippen LogP contribution in [0.5, 0.6) is 5.75 Å². The minimum absolute atomic E-state index is 0.0622. The monoisotopic (exact) mass is 463 g/mol. The van der Waals surface area contributed by atoms with Crippen LogP contribution in [0.15, 0.2) is 72.8 Å². The Morgan fingerprint density at radius 1 is 0.882 bits per heavy atom. The van der Waals surface area contributed by atoms with Crippen LogP contribution in [0.3, 0.4) is 0 Å². The third kappa shape index (κ3) is 6.39. The van der Waals surface area contributed by atoms with E-state index in [4.69, 9.17) is 9.47 Å². The van der Waals surface area contributed by atoms with Crippen molar-refractivity contribution in [3.05, 3.63) is 94.0 Å². The lowest BCUT2D eigenvalue weighted by molar-refractivity contribution is -0.384. The fourth-order valence-electron chi connectivity index (χ4n) is 3.04. The third-order valence-corrected chi connectivity index (χ3v) is 4.64. The first kappa shape index (κ1) is 23.9. The Morgan fingerprint density at radius 2 is 1.56 bits per heavy atom. The van der Waals surface area contributed by atoms with Crippen molar-refractivity contribution in [1.29, 1.82) is 0 Å². The molecule has 0 aliphatic heterocycles. The normalized spacial score (nSPS) is 10.1. The van der Waals surface area contributed by atoms with E-state index in [-0.39, 0.29) is 40.7 Å². The van der Waals surface area contributed by atoms with Crippen molar-refractivity contribution in [2.75, 3.05) is 24.4 Å². The summed E-state index contributed by atoms with van der Waals surface area (Å²) in [4.78, 5) is 47.7.